The van der Waals surface area contributed by atoms with Crippen LogP contribution in [0.1, 0.15) is 20.7 Å². The fourth-order valence-electron chi connectivity index (χ4n) is 3.31. The molecule has 0 radical (unpaired) electrons. The number of carbonyl (C=O) groups is 2. The SMILES string of the molecule is O=C(c1ccc(-n2cccn2)cc1)N1CCN(C(=O)c2cccc(Cl)c2Cl)CC1. The smallest absolute Gasteiger partial charge is 0.255 e. The maximum Gasteiger partial charge on any atom is 0.255 e. The molecule has 4 rings (SSSR count). The normalized spacial score (nSPS) is 14.1. The van der Waals surface area contributed by atoms with E-state index in [0.29, 0.717) is 42.3 Å². The Morgan fingerprint density at radius 1 is 0.828 bits per heavy atom. The molecular formula is C21H18Cl2N4O2. The average molecular weight is 429 g/mol. The monoisotopic (exact) mass is 428 g/mol. The van der Waals surface area contributed by atoms with Gasteiger partial charge in [0.05, 0.1) is 21.3 Å². The van der Waals surface area contributed by atoms with Gasteiger partial charge in [0, 0.05) is 44.1 Å². The van der Waals surface area contributed by atoms with Crippen molar-refractivity contribution in [2.45, 2.75) is 0 Å². The van der Waals surface area contributed by atoms with Crippen LogP contribution in [0.3, 0.4) is 0 Å². The lowest BCUT2D eigenvalue weighted by Crippen LogP contribution is -2.50. The molecule has 0 spiro atoms. The number of benzene rings is 2. The molecule has 29 heavy (non-hydrogen) atoms. The maximum absolute atomic E-state index is 12.8. The van der Waals surface area contributed by atoms with Gasteiger partial charge in [0.25, 0.3) is 11.8 Å². The van der Waals surface area contributed by atoms with E-state index in [1.54, 1.807) is 51.0 Å². The highest BCUT2D eigenvalue weighted by atomic mass is 35.5. The van der Waals surface area contributed by atoms with Crippen molar-refractivity contribution in [1.29, 1.82) is 0 Å². The van der Waals surface area contributed by atoms with E-state index in [0.717, 1.165) is 5.69 Å². The molecule has 0 atom stereocenters. The molecular weight excluding hydrogens is 411 g/mol. The molecule has 1 aliphatic rings. The Morgan fingerprint density at radius 3 is 2.10 bits per heavy atom. The molecule has 2 amide bonds. The standard InChI is InChI=1S/C21H18Cl2N4O2/c22-18-4-1-3-17(19(18)23)21(29)26-13-11-25(12-14-26)20(28)15-5-7-16(8-6-15)27-10-2-9-24-27/h1-10H,11-14H2. The summed E-state index contributed by atoms with van der Waals surface area (Å²) in [5.41, 5.74) is 1.88. The molecule has 2 heterocycles. The summed E-state index contributed by atoms with van der Waals surface area (Å²) in [6, 6.07) is 14.2. The molecule has 1 saturated heterocycles. The lowest BCUT2D eigenvalue weighted by molar-refractivity contribution is 0.0535. The van der Waals surface area contributed by atoms with Crippen LogP contribution in [0.2, 0.25) is 10.0 Å². The molecule has 1 aliphatic heterocycles. The largest absolute Gasteiger partial charge is 0.335 e. The van der Waals surface area contributed by atoms with E-state index in [4.69, 9.17) is 23.2 Å². The number of halogens is 2. The highest BCUT2D eigenvalue weighted by Gasteiger charge is 2.26. The Hall–Kier alpha value is -2.83. The summed E-state index contributed by atoms with van der Waals surface area (Å²) in [7, 11) is 0. The molecule has 8 heteroatoms. The van der Waals surface area contributed by atoms with Gasteiger partial charge in [-0.05, 0) is 42.5 Å². The Kier molecular flexibility index (Phi) is 5.56. The molecule has 3 aromatic rings. The molecule has 0 unspecified atom stereocenters. The number of rotatable bonds is 3. The quantitative estimate of drug-likeness (QED) is 0.637. The highest BCUT2D eigenvalue weighted by molar-refractivity contribution is 6.43. The number of nitrogens with zero attached hydrogens (tertiary/aromatic N) is 4. The van der Waals surface area contributed by atoms with Gasteiger partial charge < -0.3 is 9.80 Å². The van der Waals surface area contributed by atoms with Crippen molar-refractivity contribution in [2.75, 3.05) is 26.2 Å². The first-order chi connectivity index (χ1) is 14.0. The summed E-state index contributed by atoms with van der Waals surface area (Å²) >= 11 is 12.2. The molecule has 0 N–H and O–H groups in total. The zero-order valence-corrected chi connectivity index (χ0v) is 17.0. The summed E-state index contributed by atoms with van der Waals surface area (Å²) in [4.78, 5) is 29.0. The number of amides is 2. The van der Waals surface area contributed by atoms with Crippen LogP contribution in [-0.4, -0.2) is 57.6 Å². The fourth-order valence-corrected chi connectivity index (χ4v) is 3.69. The van der Waals surface area contributed by atoms with E-state index < -0.39 is 0 Å². The molecule has 0 bridgehead atoms. The zero-order chi connectivity index (χ0) is 20.4. The lowest BCUT2D eigenvalue weighted by Gasteiger charge is -2.35. The van der Waals surface area contributed by atoms with Gasteiger partial charge in [-0.2, -0.15) is 5.10 Å². The summed E-state index contributed by atoms with van der Waals surface area (Å²) in [5.74, 6) is -0.224. The van der Waals surface area contributed by atoms with Crippen LogP contribution in [-0.2, 0) is 0 Å². The molecule has 1 aromatic heterocycles. The van der Waals surface area contributed by atoms with Crippen molar-refractivity contribution in [1.82, 2.24) is 19.6 Å². The molecule has 6 nitrogen and oxygen atoms in total. The zero-order valence-electron chi connectivity index (χ0n) is 15.5. The Morgan fingerprint density at radius 2 is 1.48 bits per heavy atom. The third-order valence-corrected chi connectivity index (χ3v) is 5.74. The van der Waals surface area contributed by atoms with Crippen LogP contribution in [0, 0.1) is 0 Å². The van der Waals surface area contributed by atoms with Gasteiger partial charge in [0.1, 0.15) is 0 Å². The van der Waals surface area contributed by atoms with Crippen molar-refractivity contribution < 1.29 is 9.59 Å². The summed E-state index contributed by atoms with van der Waals surface area (Å²) in [6.45, 7) is 1.81. The topological polar surface area (TPSA) is 58.4 Å². The first-order valence-corrected chi connectivity index (χ1v) is 9.93. The second kappa shape index (κ2) is 8.27. The number of aromatic nitrogens is 2. The van der Waals surface area contributed by atoms with Crippen LogP contribution < -0.4 is 0 Å². The maximum atomic E-state index is 12.8. The minimum atomic E-state index is -0.173. The molecule has 148 valence electrons. The third-order valence-electron chi connectivity index (χ3n) is 4.92. The Balaban J connectivity index is 1.39. The Labute approximate surface area is 178 Å². The van der Waals surface area contributed by atoms with Crippen molar-refractivity contribution in [3.8, 4) is 5.69 Å². The van der Waals surface area contributed by atoms with Crippen molar-refractivity contribution in [3.63, 3.8) is 0 Å². The minimum Gasteiger partial charge on any atom is -0.335 e. The Bertz CT molecular complexity index is 1030. The minimum absolute atomic E-state index is 0.0510. The van der Waals surface area contributed by atoms with Crippen LogP contribution in [0.4, 0.5) is 0 Å². The van der Waals surface area contributed by atoms with Crippen LogP contribution in [0.15, 0.2) is 60.9 Å². The number of piperazine rings is 1. The van der Waals surface area contributed by atoms with Gasteiger partial charge >= 0.3 is 0 Å². The van der Waals surface area contributed by atoms with Crippen molar-refractivity contribution in [3.05, 3.63) is 82.1 Å². The number of carbonyl (C=O) groups excluding carboxylic acids is 2. The summed E-state index contributed by atoms with van der Waals surface area (Å²) in [5, 5.41) is 4.79. The summed E-state index contributed by atoms with van der Waals surface area (Å²) < 4.78 is 1.74. The van der Waals surface area contributed by atoms with E-state index in [9.17, 15) is 9.59 Å². The van der Waals surface area contributed by atoms with Gasteiger partial charge in [-0.15, -0.1) is 0 Å². The van der Waals surface area contributed by atoms with Crippen molar-refractivity contribution >= 4 is 35.0 Å². The van der Waals surface area contributed by atoms with Gasteiger partial charge in [-0.1, -0.05) is 29.3 Å². The molecule has 1 fully saturated rings. The molecule has 0 aliphatic carbocycles. The van der Waals surface area contributed by atoms with Gasteiger partial charge in [0.2, 0.25) is 0 Å². The van der Waals surface area contributed by atoms with Crippen LogP contribution >= 0.6 is 23.2 Å². The molecule has 0 saturated carbocycles. The average Bonchev–Trinajstić information content (AvgIpc) is 3.30. The van der Waals surface area contributed by atoms with Crippen LogP contribution in [0.5, 0.6) is 0 Å². The van der Waals surface area contributed by atoms with E-state index >= 15 is 0 Å². The second-order valence-electron chi connectivity index (χ2n) is 6.68. The predicted molar refractivity (Wildman–Crippen MR) is 112 cm³/mol. The predicted octanol–water partition coefficient (Wildman–Crippen LogP) is 3.78. The van der Waals surface area contributed by atoms with Crippen molar-refractivity contribution in [2.24, 2.45) is 0 Å². The third kappa shape index (κ3) is 3.99. The lowest BCUT2D eigenvalue weighted by atomic mass is 10.1. The van der Waals surface area contributed by atoms with Gasteiger partial charge in [-0.25, -0.2) is 4.68 Å². The van der Waals surface area contributed by atoms with Gasteiger partial charge in [0.15, 0.2) is 0 Å². The molecule has 2 aromatic carbocycles. The number of hydrogen-bond donors (Lipinski definition) is 0. The summed E-state index contributed by atoms with van der Waals surface area (Å²) in [6.07, 6.45) is 3.55. The number of hydrogen-bond acceptors (Lipinski definition) is 3. The van der Waals surface area contributed by atoms with Crippen LogP contribution in [0.25, 0.3) is 5.69 Å². The van der Waals surface area contributed by atoms with E-state index in [1.807, 2.05) is 24.4 Å². The first kappa shape index (κ1) is 19.5. The highest BCUT2D eigenvalue weighted by Crippen LogP contribution is 2.27. The van der Waals surface area contributed by atoms with E-state index in [-0.39, 0.29) is 16.8 Å². The van der Waals surface area contributed by atoms with E-state index in [1.165, 1.54) is 0 Å². The van der Waals surface area contributed by atoms with Gasteiger partial charge in [-0.3, -0.25) is 9.59 Å². The second-order valence-corrected chi connectivity index (χ2v) is 7.47. The fraction of sp³-hybridized carbons (Fsp3) is 0.190. The first-order valence-electron chi connectivity index (χ1n) is 9.17. The van der Waals surface area contributed by atoms with E-state index in [2.05, 4.69) is 5.10 Å².